The molecule has 1 aromatic carbocycles. The van der Waals surface area contributed by atoms with E-state index >= 15 is 0 Å². The number of hydrogen-bond acceptors (Lipinski definition) is 6. The van der Waals surface area contributed by atoms with Gasteiger partial charge in [0.1, 0.15) is 0 Å². The van der Waals surface area contributed by atoms with E-state index in [0.717, 1.165) is 16.9 Å². The molecule has 0 fully saturated rings. The van der Waals surface area contributed by atoms with E-state index in [1.165, 1.54) is 12.3 Å². The van der Waals surface area contributed by atoms with Crippen LogP contribution < -0.4 is 10.6 Å². The summed E-state index contributed by atoms with van der Waals surface area (Å²) in [5.74, 6) is -1.53. The number of aromatic nitrogens is 1. The summed E-state index contributed by atoms with van der Waals surface area (Å²) >= 11 is 12.9. The smallest absolute Gasteiger partial charge is 0.358 e. The highest BCUT2D eigenvalue weighted by Gasteiger charge is 2.16. The lowest BCUT2D eigenvalue weighted by Crippen LogP contribution is -2.31. The van der Waals surface area contributed by atoms with Gasteiger partial charge in [0.25, 0.3) is 5.91 Å². The third-order valence-corrected chi connectivity index (χ3v) is 4.65. The lowest BCUT2D eigenvalue weighted by Gasteiger charge is -2.15. The Balaban J connectivity index is 1.85. The van der Waals surface area contributed by atoms with Crippen molar-refractivity contribution in [3.63, 3.8) is 0 Å². The summed E-state index contributed by atoms with van der Waals surface area (Å²) in [4.78, 5) is 38.7. The monoisotopic (exact) mass is 415 g/mol. The molecule has 0 bridgehead atoms. The number of halogens is 2. The molecular weight excluding hydrogens is 401 g/mol. The number of ether oxygens (including phenoxy) is 1. The standard InChI is InChI=1S/C16H15Cl2N3O4S/c1-8(10-3-4-11(17)12(18)5-10)19-14(23)6-25-15(24)13-7-26-16(21-13)20-9(2)22/h3-5,7-8H,6H2,1-2H3,(H,19,23)(H,20,21,22). The summed E-state index contributed by atoms with van der Waals surface area (Å²) in [5.41, 5.74) is 0.780. The van der Waals surface area contributed by atoms with E-state index in [4.69, 9.17) is 27.9 Å². The van der Waals surface area contributed by atoms with Gasteiger partial charge in [-0.1, -0.05) is 29.3 Å². The van der Waals surface area contributed by atoms with Gasteiger partial charge >= 0.3 is 5.97 Å². The molecule has 0 saturated heterocycles. The third kappa shape index (κ3) is 5.69. The van der Waals surface area contributed by atoms with Gasteiger partial charge in [-0.15, -0.1) is 11.3 Å². The van der Waals surface area contributed by atoms with Gasteiger partial charge < -0.3 is 15.4 Å². The van der Waals surface area contributed by atoms with Crippen molar-refractivity contribution >= 4 is 57.5 Å². The minimum Gasteiger partial charge on any atom is -0.451 e. The summed E-state index contributed by atoms with van der Waals surface area (Å²) in [6, 6.07) is 4.68. The van der Waals surface area contributed by atoms with E-state index in [-0.39, 0.29) is 22.8 Å². The predicted molar refractivity (Wildman–Crippen MR) is 99.7 cm³/mol. The van der Waals surface area contributed by atoms with Crippen LogP contribution in [0, 0.1) is 0 Å². The van der Waals surface area contributed by atoms with Crippen molar-refractivity contribution in [1.29, 1.82) is 0 Å². The predicted octanol–water partition coefficient (Wildman–Crippen LogP) is 3.44. The first-order valence-corrected chi connectivity index (χ1v) is 9.04. The molecule has 7 nitrogen and oxygen atoms in total. The molecule has 0 saturated carbocycles. The maximum atomic E-state index is 11.9. The molecule has 26 heavy (non-hydrogen) atoms. The lowest BCUT2D eigenvalue weighted by molar-refractivity contribution is -0.124. The second kappa shape index (κ2) is 8.98. The van der Waals surface area contributed by atoms with Crippen molar-refractivity contribution in [3.05, 3.63) is 44.9 Å². The maximum absolute atomic E-state index is 11.9. The van der Waals surface area contributed by atoms with Gasteiger partial charge in [0.15, 0.2) is 17.4 Å². The largest absolute Gasteiger partial charge is 0.451 e. The fourth-order valence-corrected chi connectivity index (χ4v) is 2.96. The highest BCUT2D eigenvalue weighted by Crippen LogP contribution is 2.25. The maximum Gasteiger partial charge on any atom is 0.358 e. The Kier molecular flexibility index (Phi) is 6.96. The van der Waals surface area contributed by atoms with Crippen molar-refractivity contribution in [2.24, 2.45) is 0 Å². The second-order valence-electron chi connectivity index (χ2n) is 5.26. The molecule has 0 aliphatic rings. The highest BCUT2D eigenvalue weighted by molar-refractivity contribution is 7.14. The van der Waals surface area contributed by atoms with Gasteiger partial charge in [0.05, 0.1) is 16.1 Å². The molecule has 0 spiro atoms. The zero-order chi connectivity index (χ0) is 19.3. The van der Waals surface area contributed by atoms with Crippen LogP contribution in [-0.4, -0.2) is 29.4 Å². The fraction of sp³-hybridized carbons (Fsp3) is 0.250. The SMILES string of the molecule is CC(=O)Nc1nc(C(=O)OCC(=O)NC(C)c2ccc(Cl)c(Cl)c2)cs1. The Labute approximate surface area is 163 Å². The minimum absolute atomic E-state index is 0.0177. The Morgan fingerprint density at radius 1 is 1.27 bits per heavy atom. The van der Waals surface area contributed by atoms with Crippen LogP contribution in [0.2, 0.25) is 10.0 Å². The summed E-state index contributed by atoms with van der Waals surface area (Å²) in [6.07, 6.45) is 0. The van der Waals surface area contributed by atoms with Crippen molar-refractivity contribution < 1.29 is 19.1 Å². The van der Waals surface area contributed by atoms with Crippen LogP contribution in [0.5, 0.6) is 0 Å². The number of thiazole rings is 1. The van der Waals surface area contributed by atoms with Gasteiger partial charge in [-0.25, -0.2) is 9.78 Å². The number of hydrogen-bond donors (Lipinski definition) is 2. The molecule has 1 unspecified atom stereocenters. The van der Waals surface area contributed by atoms with E-state index in [0.29, 0.717) is 10.0 Å². The normalized spacial score (nSPS) is 11.5. The van der Waals surface area contributed by atoms with Gasteiger partial charge in [-0.3, -0.25) is 9.59 Å². The third-order valence-electron chi connectivity index (χ3n) is 3.15. The van der Waals surface area contributed by atoms with Crippen LogP contribution in [0.15, 0.2) is 23.6 Å². The van der Waals surface area contributed by atoms with Gasteiger partial charge in [-0.05, 0) is 24.6 Å². The van der Waals surface area contributed by atoms with Gasteiger partial charge in [-0.2, -0.15) is 0 Å². The van der Waals surface area contributed by atoms with Crippen LogP contribution in [0.25, 0.3) is 0 Å². The van der Waals surface area contributed by atoms with Crippen LogP contribution in [0.1, 0.15) is 35.9 Å². The molecular formula is C16H15Cl2N3O4S. The molecule has 2 amide bonds. The highest BCUT2D eigenvalue weighted by atomic mass is 35.5. The molecule has 2 N–H and O–H groups in total. The first kappa shape index (κ1) is 20.2. The zero-order valence-electron chi connectivity index (χ0n) is 13.8. The second-order valence-corrected chi connectivity index (χ2v) is 6.93. The first-order chi connectivity index (χ1) is 12.3. The van der Waals surface area contributed by atoms with Crippen molar-refractivity contribution in [2.45, 2.75) is 19.9 Å². The van der Waals surface area contributed by atoms with Crippen LogP contribution in [-0.2, 0) is 14.3 Å². The van der Waals surface area contributed by atoms with Crippen molar-refractivity contribution in [3.8, 4) is 0 Å². The summed E-state index contributed by atoms with van der Waals surface area (Å²) in [6.45, 7) is 2.63. The number of carbonyl (C=O) groups is 3. The van der Waals surface area contributed by atoms with E-state index in [1.807, 2.05) is 0 Å². The minimum atomic E-state index is -0.754. The van der Waals surface area contributed by atoms with Gasteiger partial charge in [0, 0.05) is 12.3 Å². The number of nitrogens with one attached hydrogen (secondary N) is 2. The Morgan fingerprint density at radius 2 is 2.00 bits per heavy atom. The lowest BCUT2D eigenvalue weighted by atomic mass is 10.1. The molecule has 1 atom stereocenters. The first-order valence-electron chi connectivity index (χ1n) is 7.41. The average molecular weight is 416 g/mol. The van der Waals surface area contributed by atoms with Crippen LogP contribution in [0.4, 0.5) is 5.13 Å². The molecule has 0 aliphatic heterocycles. The molecule has 138 valence electrons. The molecule has 2 aromatic rings. The van der Waals surface area contributed by atoms with Crippen LogP contribution >= 0.6 is 34.5 Å². The Bertz CT molecular complexity index is 841. The zero-order valence-corrected chi connectivity index (χ0v) is 16.2. The van der Waals surface area contributed by atoms with Gasteiger partial charge in [0.2, 0.25) is 5.91 Å². The molecule has 2 rings (SSSR count). The van der Waals surface area contributed by atoms with Crippen LogP contribution in [0.3, 0.4) is 0 Å². The number of rotatable bonds is 6. The Morgan fingerprint density at radius 3 is 2.65 bits per heavy atom. The van der Waals surface area contributed by atoms with E-state index in [2.05, 4.69) is 15.6 Å². The fourth-order valence-electron chi connectivity index (χ4n) is 1.93. The number of anilines is 1. The van der Waals surface area contributed by atoms with E-state index in [9.17, 15) is 14.4 Å². The number of amides is 2. The number of benzene rings is 1. The summed E-state index contributed by atoms with van der Waals surface area (Å²) in [5, 5.41) is 7.67. The molecule has 1 heterocycles. The molecule has 1 aromatic heterocycles. The summed E-state index contributed by atoms with van der Waals surface area (Å²) in [7, 11) is 0. The van der Waals surface area contributed by atoms with Crippen molar-refractivity contribution in [2.75, 3.05) is 11.9 Å². The molecule has 0 radical (unpaired) electrons. The Hall–Kier alpha value is -2.16. The average Bonchev–Trinajstić information content (AvgIpc) is 3.02. The molecule has 10 heteroatoms. The number of nitrogens with zero attached hydrogens (tertiary/aromatic N) is 1. The summed E-state index contributed by atoms with van der Waals surface area (Å²) < 4.78 is 4.92. The number of esters is 1. The van der Waals surface area contributed by atoms with Crippen molar-refractivity contribution in [1.82, 2.24) is 10.3 Å². The van der Waals surface area contributed by atoms with E-state index in [1.54, 1.807) is 25.1 Å². The number of carbonyl (C=O) groups excluding carboxylic acids is 3. The topological polar surface area (TPSA) is 97.4 Å². The van der Waals surface area contributed by atoms with E-state index < -0.39 is 18.5 Å². The molecule has 0 aliphatic carbocycles. The quantitative estimate of drug-likeness (QED) is 0.704.